The van der Waals surface area contributed by atoms with Crippen LogP contribution in [0.4, 0.5) is 5.69 Å². The zero-order valence-corrected chi connectivity index (χ0v) is 17.9. The fourth-order valence-electron chi connectivity index (χ4n) is 3.05. The highest BCUT2D eigenvalue weighted by Crippen LogP contribution is 2.14. The maximum Gasteiger partial charge on any atom is 0.338 e. The normalized spacial score (nSPS) is 10.6. The lowest BCUT2D eigenvalue weighted by molar-refractivity contribution is -0.117. The van der Waals surface area contributed by atoms with Crippen LogP contribution in [0.25, 0.3) is 10.8 Å². The number of rotatable bonds is 8. The van der Waals surface area contributed by atoms with Crippen molar-refractivity contribution in [3.63, 3.8) is 0 Å². The van der Waals surface area contributed by atoms with E-state index < -0.39 is 23.3 Å². The lowest BCUT2D eigenvalue weighted by Gasteiger charge is -2.11. The van der Waals surface area contributed by atoms with Gasteiger partial charge in [0.05, 0.1) is 17.6 Å². The minimum Gasteiger partial charge on any atom is -0.462 e. The predicted octanol–water partition coefficient (Wildman–Crippen LogP) is 2.35. The van der Waals surface area contributed by atoms with Crippen molar-refractivity contribution in [1.82, 2.24) is 15.1 Å². The lowest BCUT2D eigenvalue weighted by Crippen LogP contribution is -2.33. The minimum absolute atomic E-state index is 0.0569. The van der Waals surface area contributed by atoms with Gasteiger partial charge in [-0.05, 0) is 36.8 Å². The first-order valence-electron chi connectivity index (χ1n) is 10.2. The summed E-state index contributed by atoms with van der Waals surface area (Å²) in [7, 11) is 1.46. The molecule has 2 amide bonds. The molecular formula is C23H24N4O5. The molecule has 166 valence electrons. The van der Waals surface area contributed by atoms with Crippen molar-refractivity contribution in [3.05, 3.63) is 70.1 Å². The van der Waals surface area contributed by atoms with Crippen LogP contribution in [-0.4, -0.2) is 41.2 Å². The topological polar surface area (TPSA) is 119 Å². The zero-order valence-electron chi connectivity index (χ0n) is 17.9. The van der Waals surface area contributed by atoms with Crippen LogP contribution < -0.4 is 16.2 Å². The van der Waals surface area contributed by atoms with E-state index >= 15 is 0 Å². The summed E-state index contributed by atoms with van der Waals surface area (Å²) in [6.45, 7) is 1.99. The van der Waals surface area contributed by atoms with E-state index in [4.69, 9.17) is 4.74 Å². The highest BCUT2D eigenvalue weighted by molar-refractivity contribution is 6.04. The van der Waals surface area contributed by atoms with E-state index in [1.54, 1.807) is 48.5 Å². The van der Waals surface area contributed by atoms with Gasteiger partial charge in [-0.1, -0.05) is 31.5 Å². The molecule has 0 spiro atoms. The van der Waals surface area contributed by atoms with E-state index in [-0.39, 0.29) is 12.2 Å². The first-order valence-corrected chi connectivity index (χ1v) is 10.2. The van der Waals surface area contributed by atoms with Crippen molar-refractivity contribution in [2.75, 3.05) is 19.0 Å². The standard InChI is InChI=1S/C23H24N4O5/c1-3-4-13-32-23(31)15-9-11-16(12-10-15)25-19(28)14-27-22(30)18-8-6-5-7-17(18)20(26-27)21(29)24-2/h5-12H,3-4,13-14H2,1-2H3,(H,24,29)(H,25,28). The summed E-state index contributed by atoms with van der Waals surface area (Å²) in [6, 6.07) is 12.8. The third kappa shape index (κ3) is 5.18. The van der Waals surface area contributed by atoms with E-state index in [0.717, 1.165) is 17.5 Å². The third-order valence-corrected chi connectivity index (χ3v) is 4.74. The van der Waals surface area contributed by atoms with Gasteiger partial charge in [0, 0.05) is 18.1 Å². The summed E-state index contributed by atoms with van der Waals surface area (Å²) in [5.74, 6) is -1.39. The Morgan fingerprint density at radius 2 is 1.72 bits per heavy atom. The van der Waals surface area contributed by atoms with Gasteiger partial charge in [0.1, 0.15) is 6.54 Å². The van der Waals surface area contributed by atoms with Crippen molar-refractivity contribution in [1.29, 1.82) is 0 Å². The average molecular weight is 436 g/mol. The second-order valence-corrected chi connectivity index (χ2v) is 7.05. The molecule has 0 fully saturated rings. The van der Waals surface area contributed by atoms with E-state index in [1.807, 2.05) is 6.92 Å². The molecular weight excluding hydrogens is 412 g/mol. The Morgan fingerprint density at radius 3 is 2.38 bits per heavy atom. The van der Waals surface area contributed by atoms with E-state index in [0.29, 0.717) is 28.6 Å². The van der Waals surface area contributed by atoms with E-state index in [1.165, 1.54) is 7.05 Å². The fourth-order valence-corrected chi connectivity index (χ4v) is 3.05. The number of hydrogen-bond donors (Lipinski definition) is 2. The third-order valence-electron chi connectivity index (χ3n) is 4.74. The van der Waals surface area contributed by atoms with Gasteiger partial charge in [0.15, 0.2) is 5.69 Å². The smallest absolute Gasteiger partial charge is 0.338 e. The summed E-state index contributed by atoms with van der Waals surface area (Å²) >= 11 is 0. The number of nitrogens with one attached hydrogen (secondary N) is 2. The van der Waals surface area contributed by atoms with E-state index in [2.05, 4.69) is 15.7 Å². The van der Waals surface area contributed by atoms with Crippen LogP contribution in [0.15, 0.2) is 53.3 Å². The molecule has 2 N–H and O–H groups in total. The maximum absolute atomic E-state index is 12.7. The first kappa shape index (κ1) is 22.7. The van der Waals surface area contributed by atoms with Crippen molar-refractivity contribution < 1.29 is 19.1 Å². The first-order chi connectivity index (χ1) is 15.4. The number of unbranched alkanes of at least 4 members (excludes halogenated alkanes) is 1. The van der Waals surface area contributed by atoms with Gasteiger partial charge in [-0.3, -0.25) is 14.4 Å². The second-order valence-electron chi connectivity index (χ2n) is 7.05. The lowest BCUT2D eigenvalue weighted by atomic mass is 10.1. The molecule has 9 heteroatoms. The monoisotopic (exact) mass is 436 g/mol. The Labute approximate surface area is 184 Å². The predicted molar refractivity (Wildman–Crippen MR) is 120 cm³/mol. The number of fused-ring (bicyclic) bond motifs is 1. The Balaban J connectivity index is 1.75. The van der Waals surface area contributed by atoms with Gasteiger partial charge < -0.3 is 15.4 Å². The molecule has 0 aliphatic heterocycles. The molecule has 0 saturated heterocycles. The number of benzene rings is 2. The van der Waals surface area contributed by atoms with Gasteiger partial charge in [-0.15, -0.1) is 0 Å². The molecule has 3 rings (SSSR count). The molecule has 1 heterocycles. The number of ether oxygens (including phenoxy) is 1. The summed E-state index contributed by atoms with van der Waals surface area (Å²) in [4.78, 5) is 49.4. The van der Waals surface area contributed by atoms with Crippen LogP contribution in [-0.2, 0) is 16.1 Å². The maximum atomic E-state index is 12.7. The van der Waals surface area contributed by atoms with Crippen LogP contribution in [0.3, 0.4) is 0 Å². The number of amides is 2. The molecule has 9 nitrogen and oxygen atoms in total. The minimum atomic E-state index is -0.504. The number of carbonyl (C=O) groups excluding carboxylic acids is 3. The number of hydrogen-bond acceptors (Lipinski definition) is 6. The highest BCUT2D eigenvalue weighted by Gasteiger charge is 2.17. The molecule has 1 aromatic heterocycles. The van der Waals surface area contributed by atoms with Crippen LogP contribution in [0.5, 0.6) is 0 Å². The van der Waals surface area contributed by atoms with Crippen LogP contribution in [0.1, 0.15) is 40.6 Å². The van der Waals surface area contributed by atoms with E-state index in [9.17, 15) is 19.2 Å². The van der Waals surface area contributed by atoms with Crippen molar-refractivity contribution in [2.24, 2.45) is 0 Å². The molecule has 32 heavy (non-hydrogen) atoms. The Bertz CT molecular complexity index is 1200. The summed E-state index contributed by atoms with van der Waals surface area (Å²) in [6.07, 6.45) is 1.72. The van der Waals surface area contributed by atoms with Crippen molar-refractivity contribution >= 4 is 34.2 Å². The van der Waals surface area contributed by atoms with Crippen LogP contribution >= 0.6 is 0 Å². The summed E-state index contributed by atoms with van der Waals surface area (Å²) in [5, 5.41) is 9.94. The average Bonchev–Trinajstić information content (AvgIpc) is 2.81. The number of nitrogens with zero attached hydrogens (tertiary/aromatic N) is 2. The number of aromatic nitrogens is 2. The molecule has 0 unspecified atom stereocenters. The fraction of sp³-hybridized carbons (Fsp3) is 0.261. The largest absolute Gasteiger partial charge is 0.462 e. The molecule has 2 aromatic carbocycles. The molecule has 0 bridgehead atoms. The van der Waals surface area contributed by atoms with Crippen molar-refractivity contribution in [3.8, 4) is 0 Å². The van der Waals surface area contributed by atoms with Gasteiger partial charge in [-0.25, -0.2) is 9.48 Å². The molecule has 0 aliphatic rings. The van der Waals surface area contributed by atoms with Crippen molar-refractivity contribution in [2.45, 2.75) is 26.3 Å². The molecule has 0 saturated carbocycles. The summed E-state index contributed by atoms with van der Waals surface area (Å²) < 4.78 is 6.11. The van der Waals surface area contributed by atoms with Gasteiger partial charge in [0.2, 0.25) is 5.91 Å². The van der Waals surface area contributed by atoms with Crippen LogP contribution in [0.2, 0.25) is 0 Å². The Kier molecular flexibility index (Phi) is 7.33. The Hall–Kier alpha value is -4.01. The summed E-state index contributed by atoms with van der Waals surface area (Å²) in [5.41, 5.74) is 0.400. The number of carbonyl (C=O) groups is 3. The SMILES string of the molecule is CCCCOC(=O)c1ccc(NC(=O)Cn2nc(C(=O)NC)c3ccccc3c2=O)cc1. The number of esters is 1. The molecule has 0 aliphatic carbocycles. The van der Waals surface area contributed by atoms with Crippen LogP contribution in [0, 0.1) is 0 Å². The molecule has 0 radical (unpaired) electrons. The highest BCUT2D eigenvalue weighted by atomic mass is 16.5. The molecule has 0 atom stereocenters. The quantitative estimate of drug-likeness (QED) is 0.413. The van der Waals surface area contributed by atoms with Gasteiger partial charge in [-0.2, -0.15) is 5.10 Å². The zero-order chi connectivity index (χ0) is 23.1. The van der Waals surface area contributed by atoms with Gasteiger partial charge in [0.25, 0.3) is 11.5 Å². The molecule has 3 aromatic rings. The van der Waals surface area contributed by atoms with Gasteiger partial charge >= 0.3 is 5.97 Å². The second kappa shape index (κ2) is 10.3. The Morgan fingerprint density at radius 1 is 1.03 bits per heavy atom. The number of anilines is 1.